The molecule has 88 valence electrons. The first-order valence-electron chi connectivity index (χ1n) is 4.66. The first kappa shape index (κ1) is 11.6. The Morgan fingerprint density at radius 1 is 1.53 bits per heavy atom. The summed E-state index contributed by atoms with van der Waals surface area (Å²) in [5.41, 5.74) is -0.0996. The molecule has 0 amide bonds. The Balaban J connectivity index is 2.35. The Labute approximate surface area is 100 Å². The van der Waals surface area contributed by atoms with Crippen LogP contribution in [-0.2, 0) is 0 Å². The topological polar surface area (TPSA) is 78.9 Å². The zero-order chi connectivity index (χ0) is 12.4. The number of hydrogen-bond acceptors (Lipinski definition) is 4. The van der Waals surface area contributed by atoms with E-state index in [0.29, 0.717) is 15.9 Å². The van der Waals surface area contributed by atoms with Gasteiger partial charge in [0.15, 0.2) is 0 Å². The van der Waals surface area contributed by atoms with Crippen LogP contribution in [0.3, 0.4) is 0 Å². The molecule has 0 aliphatic carbocycles. The van der Waals surface area contributed by atoms with E-state index in [4.69, 9.17) is 5.11 Å². The molecule has 2 aromatic rings. The summed E-state index contributed by atoms with van der Waals surface area (Å²) in [5, 5.41) is 15.9. The van der Waals surface area contributed by atoms with Gasteiger partial charge in [-0.2, -0.15) is 0 Å². The van der Waals surface area contributed by atoms with Crippen LogP contribution in [0.2, 0.25) is 0 Å². The van der Waals surface area contributed by atoms with E-state index in [0.717, 1.165) is 17.8 Å². The molecule has 0 saturated heterocycles. The van der Waals surface area contributed by atoms with Crippen molar-refractivity contribution in [3.8, 4) is 0 Å². The number of hydrogen-bond donors (Lipinski definition) is 2. The van der Waals surface area contributed by atoms with E-state index in [1.165, 1.54) is 12.1 Å². The van der Waals surface area contributed by atoms with Crippen molar-refractivity contribution < 1.29 is 14.3 Å². The van der Waals surface area contributed by atoms with E-state index in [2.05, 4.69) is 15.2 Å². The minimum Gasteiger partial charge on any atom is -0.478 e. The Bertz CT molecular complexity index is 570. The highest BCUT2D eigenvalue weighted by atomic mass is 32.2. The molecule has 0 aliphatic heterocycles. The van der Waals surface area contributed by atoms with Crippen LogP contribution < -0.4 is 0 Å². The number of aromatic nitrogens is 3. The first-order chi connectivity index (χ1) is 8.06. The van der Waals surface area contributed by atoms with Crippen LogP contribution in [0.25, 0.3) is 0 Å². The number of aryl methyl sites for hydroxylation is 1. The second-order valence-electron chi connectivity index (χ2n) is 3.25. The van der Waals surface area contributed by atoms with E-state index in [1.807, 2.05) is 0 Å². The number of carboxylic acid groups (broad SMARTS) is 1. The number of aromatic amines is 1. The number of carbonyl (C=O) groups is 1. The molecule has 17 heavy (non-hydrogen) atoms. The summed E-state index contributed by atoms with van der Waals surface area (Å²) in [5.74, 6) is -1.14. The summed E-state index contributed by atoms with van der Waals surface area (Å²) >= 11 is 1.07. The van der Waals surface area contributed by atoms with Crippen molar-refractivity contribution in [3.05, 3.63) is 35.4 Å². The molecule has 0 spiro atoms. The average Bonchev–Trinajstić information content (AvgIpc) is 2.66. The normalized spacial score (nSPS) is 10.5. The predicted octanol–water partition coefficient (Wildman–Crippen LogP) is 2.10. The maximum atomic E-state index is 12.9. The SMILES string of the molecule is Cc1nc(Sc2ccc(F)cc2C(=O)O)n[nH]1. The fourth-order valence-corrected chi connectivity index (χ4v) is 2.09. The predicted molar refractivity (Wildman–Crippen MR) is 58.6 cm³/mol. The highest BCUT2D eigenvalue weighted by molar-refractivity contribution is 7.99. The summed E-state index contributed by atoms with van der Waals surface area (Å²) in [6, 6.07) is 3.58. The zero-order valence-corrected chi connectivity index (χ0v) is 9.58. The van der Waals surface area contributed by atoms with Crippen LogP contribution in [0.5, 0.6) is 0 Å². The van der Waals surface area contributed by atoms with Gasteiger partial charge in [-0.3, -0.25) is 5.10 Å². The molecule has 7 heteroatoms. The molecule has 0 aliphatic rings. The third kappa shape index (κ3) is 2.62. The van der Waals surface area contributed by atoms with Gasteiger partial charge < -0.3 is 5.11 Å². The van der Waals surface area contributed by atoms with E-state index in [1.54, 1.807) is 6.92 Å². The molecule has 1 aromatic heterocycles. The van der Waals surface area contributed by atoms with E-state index >= 15 is 0 Å². The lowest BCUT2D eigenvalue weighted by Crippen LogP contribution is -1.99. The number of aromatic carboxylic acids is 1. The number of nitrogens with one attached hydrogen (secondary N) is 1. The molecule has 0 saturated carbocycles. The van der Waals surface area contributed by atoms with Crippen LogP contribution in [0.15, 0.2) is 28.3 Å². The van der Waals surface area contributed by atoms with Crippen molar-refractivity contribution in [1.82, 2.24) is 15.2 Å². The monoisotopic (exact) mass is 253 g/mol. The number of halogens is 1. The molecule has 0 fully saturated rings. The van der Waals surface area contributed by atoms with Crippen molar-refractivity contribution in [2.24, 2.45) is 0 Å². The first-order valence-corrected chi connectivity index (χ1v) is 5.47. The van der Waals surface area contributed by atoms with E-state index < -0.39 is 11.8 Å². The van der Waals surface area contributed by atoms with Gasteiger partial charge in [0.05, 0.1) is 5.56 Å². The van der Waals surface area contributed by atoms with Crippen LogP contribution in [-0.4, -0.2) is 26.3 Å². The van der Waals surface area contributed by atoms with Crippen molar-refractivity contribution >= 4 is 17.7 Å². The zero-order valence-electron chi connectivity index (χ0n) is 8.77. The molecule has 0 radical (unpaired) electrons. The second kappa shape index (κ2) is 4.54. The van der Waals surface area contributed by atoms with Crippen molar-refractivity contribution in [2.75, 3.05) is 0 Å². The third-order valence-electron chi connectivity index (χ3n) is 1.95. The third-order valence-corrected chi connectivity index (χ3v) is 2.89. The average molecular weight is 253 g/mol. The van der Waals surface area contributed by atoms with Gasteiger partial charge in [0.25, 0.3) is 0 Å². The Morgan fingerprint density at radius 2 is 2.29 bits per heavy atom. The molecule has 0 bridgehead atoms. The Kier molecular flexibility index (Phi) is 3.10. The van der Waals surface area contributed by atoms with Crippen LogP contribution >= 0.6 is 11.8 Å². The number of H-pyrrole nitrogens is 1. The minimum atomic E-state index is -1.18. The number of rotatable bonds is 3. The summed E-state index contributed by atoms with van der Waals surface area (Å²) in [7, 11) is 0. The highest BCUT2D eigenvalue weighted by Gasteiger charge is 2.14. The smallest absolute Gasteiger partial charge is 0.336 e. The van der Waals surface area contributed by atoms with Crippen molar-refractivity contribution in [3.63, 3.8) is 0 Å². The Hall–Kier alpha value is -1.89. The van der Waals surface area contributed by atoms with E-state index in [9.17, 15) is 9.18 Å². The molecule has 2 N–H and O–H groups in total. The standard InChI is InChI=1S/C10H8FN3O2S/c1-5-12-10(14-13-5)17-8-3-2-6(11)4-7(8)9(15)16/h2-4H,1H3,(H,15,16)(H,12,13,14). The Morgan fingerprint density at radius 3 is 2.88 bits per heavy atom. The van der Waals surface area contributed by atoms with Gasteiger partial charge in [-0.1, -0.05) is 0 Å². The lowest BCUT2D eigenvalue weighted by atomic mass is 10.2. The molecule has 0 atom stereocenters. The molecule has 5 nitrogen and oxygen atoms in total. The molecular weight excluding hydrogens is 245 g/mol. The van der Waals surface area contributed by atoms with Crippen molar-refractivity contribution in [1.29, 1.82) is 0 Å². The second-order valence-corrected chi connectivity index (χ2v) is 4.26. The fourth-order valence-electron chi connectivity index (χ4n) is 1.22. The summed E-state index contributed by atoms with van der Waals surface area (Å²) < 4.78 is 12.9. The largest absolute Gasteiger partial charge is 0.478 e. The quantitative estimate of drug-likeness (QED) is 0.875. The summed E-state index contributed by atoms with van der Waals surface area (Å²) in [4.78, 5) is 15.4. The fraction of sp³-hybridized carbons (Fsp3) is 0.100. The van der Waals surface area contributed by atoms with Crippen LogP contribution in [0.1, 0.15) is 16.2 Å². The highest BCUT2D eigenvalue weighted by Crippen LogP contribution is 2.28. The molecule has 0 unspecified atom stereocenters. The van der Waals surface area contributed by atoms with Gasteiger partial charge in [-0.25, -0.2) is 14.2 Å². The lowest BCUT2D eigenvalue weighted by Gasteiger charge is -2.02. The molecule has 2 rings (SSSR count). The van der Waals surface area contributed by atoms with Crippen LogP contribution in [0, 0.1) is 12.7 Å². The molecular formula is C10H8FN3O2S. The maximum absolute atomic E-state index is 12.9. The number of carboxylic acids is 1. The number of benzene rings is 1. The van der Waals surface area contributed by atoms with Gasteiger partial charge >= 0.3 is 5.97 Å². The van der Waals surface area contributed by atoms with Gasteiger partial charge in [0.2, 0.25) is 5.16 Å². The lowest BCUT2D eigenvalue weighted by molar-refractivity contribution is 0.0692. The molecule has 1 aromatic carbocycles. The maximum Gasteiger partial charge on any atom is 0.336 e. The molecule has 1 heterocycles. The van der Waals surface area contributed by atoms with Crippen molar-refractivity contribution in [2.45, 2.75) is 17.0 Å². The van der Waals surface area contributed by atoms with Gasteiger partial charge in [0, 0.05) is 4.90 Å². The minimum absolute atomic E-state index is 0.0996. The van der Waals surface area contributed by atoms with Gasteiger partial charge in [-0.15, -0.1) is 5.10 Å². The van der Waals surface area contributed by atoms with Gasteiger partial charge in [0.1, 0.15) is 11.6 Å². The van der Waals surface area contributed by atoms with Gasteiger partial charge in [-0.05, 0) is 36.9 Å². The van der Waals surface area contributed by atoms with Crippen LogP contribution in [0.4, 0.5) is 4.39 Å². The van der Waals surface area contributed by atoms with E-state index in [-0.39, 0.29) is 5.56 Å². The summed E-state index contributed by atoms with van der Waals surface area (Å²) in [6.07, 6.45) is 0. The summed E-state index contributed by atoms with van der Waals surface area (Å²) in [6.45, 7) is 1.74. The number of nitrogens with zero attached hydrogens (tertiary/aromatic N) is 2.